The van der Waals surface area contributed by atoms with E-state index in [1.807, 2.05) is 6.08 Å². The summed E-state index contributed by atoms with van der Waals surface area (Å²) >= 11 is 5.56. The summed E-state index contributed by atoms with van der Waals surface area (Å²) in [6, 6.07) is 0. The number of halogens is 1. The number of nitrogens with zero attached hydrogens (tertiary/aromatic N) is 1. The van der Waals surface area contributed by atoms with Crippen molar-refractivity contribution in [3.63, 3.8) is 0 Å². The fraction of sp³-hybridized carbons (Fsp3) is 0.818. The fourth-order valence-electron chi connectivity index (χ4n) is 1.63. The Morgan fingerprint density at radius 3 is 2.38 bits per heavy atom. The van der Waals surface area contributed by atoms with Crippen LogP contribution in [-0.4, -0.2) is 30.4 Å². The first-order valence-corrected chi connectivity index (χ1v) is 5.61. The molecule has 13 heavy (non-hydrogen) atoms. The lowest BCUT2D eigenvalue weighted by Gasteiger charge is -2.36. The Balaban J connectivity index is 2.21. The Kier molecular flexibility index (Phi) is 4.27. The van der Waals surface area contributed by atoms with Crippen molar-refractivity contribution in [2.45, 2.75) is 26.7 Å². The average Bonchev–Trinajstić information content (AvgIpc) is 2.08. The summed E-state index contributed by atoms with van der Waals surface area (Å²) in [7, 11) is 0. The third-order valence-electron chi connectivity index (χ3n) is 2.83. The zero-order valence-electron chi connectivity index (χ0n) is 8.72. The van der Waals surface area contributed by atoms with Gasteiger partial charge in [0.25, 0.3) is 0 Å². The van der Waals surface area contributed by atoms with Crippen LogP contribution in [0.2, 0.25) is 0 Å². The van der Waals surface area contributed by atoms with Gasteiger partial charge < -0.3 is 0 Å². The number of hydrogen-bond donors (Lipinski definition) is 0. The third-order valence-corrected chi connectivity index (χ3v) is 3.01. The zero-order chi connectivity index (χ0) is 9.73. The van der Waals surface area contributed by atoms with Crippen LogP contribution in [0.3, 0.4) is 0 Å². The van der Waals surface area contributed by atoms with E-state index >= 15 is 0 Å². The van der Waals surface area contributed by atoms with Gasteiger partial charge in [0, 0.05) is 12.4 Å². The SMILES string of the molecule is CC1(C)CCN(CC=CCCl)CC1. The molecule has 0 aromatic rings. The van der Waals surface area contributed by atoms with Gasteiger partial charge in [0.1, 0.15) is 0 Å². The number of allylic oxidation sites excluding steroid dienone is 1. The smallest absolute Gasteiger partial charge is 0.0404 e. The number of likely N-dealkylation sites (tertiary alicyclic amines) is 1. The molecule has 0 aromatic carbocycles. The van der Waals surface area contributed by atoms with E-state index in [2.05, 4.69) is 24.8 Å². The molecule has 0 aliphatic carbocycles. The molecule has 1 aliphatic rings. The van der Waals surface area contributed by atoms with Crippen molar-refractivity contribution < 1.29 is 0 Å². The Bertz CT molecular complexity index is 165. The van der Waals surface area contributed by atoms with E-state index in [1.165, 1.54) is 25.9 Å². The summed E-state index contributed by atoms with van der Waals surface area (Å²) in [6.07, 6.45) is 6.84. The fourth-order valence-corrected chi connectivity index (χ4v) is 1.75. The molecule has 1 fully saturated rings. The summed E-state index contributed by atoms with van der Waals surface area (Å²) in [5, 5.41) is 0. The topological polar surface area (TPSA) is 3.24 Å². The summed E-state index contributed by atoms with van der Waals surface area (Å²) in [5.41, 5.74) is 0.562. The van der Waals surface area contributed by atoms with Crippen molar-refractivity contribution in [2.24, 2.45) is 5.41 Å². The van der Waals surface area contributed by atoms with Crippen LogP contribution in [0, 0.1) is 5.41 Å². The molecule has 1 aliphatic heterocycles. The van der Waals surface area contributed by atoms with Gasteiger partial charge in [0.2, 0.25) is 0 Å². The van der Waals surface area contributed by atoms with E-state index in [1.54, 1.807) is 0 Å². The van der Waals surface area contributed by atoms with E-state index in [-0.39, 0.29) is 0 Å². The second-order valence-corrected chi connectivity index (χ2v) is 4.90. The minimum atomic E-state index is 0.562. The van der Waals surface area contributed by atoms with Crippen LogP contribution in [0.5, 0.6) is 0 Å². The number of rotatable bonds is 3. The number of piperidine rings is 1. The van der Waals surface area contributed by atoms with Gasteiger partial charge in [-0.3, -0.25) is 4.90 Å². The first-order chi connectivity index (χ1) is 6.14. The van der Waals surface area contributed by atoms with Crippen molar-refractivity contribution >= 4 is 11.6 Å². The van der Waals surface area contributed by atoms with E-state index in [9.17, 15) is 0 Å². The molecule has 1 rings (SSSR count). The van der Waals surface area contributed by atoms with Crippen LogP contribution in [0.4, 0.5) is 0 Å². The third kappa shape index (κ3) is 4.15. The molecule has 0 saturated carbocycles. The van der Waals surface area contributed by atoms with Gasteiger partial charge in [-0.1, -0.05) is 26.0 Å². The van der Waals surface area contributed by atoms with E-state index in [0.717, 1.165) is 6.54 Å². The molecule has 0 amide bonds. The molecule has 76 valence electrons. The molecular formula is C11H20ClN. The van der Waals surface area contributed by atoms with Gasteiger partial charge in [-0.25, -0.2) is 0 Å². The molecular weight excluding hydrogens is 182 g/mol. The summed E-state index contributed by atoms with van der Waals surface area (Å²) < 4.78 is 0. The van der Waals surface area contributed by atoms with E-state index < -0.39 is 0 Å². The van der Waals surface area contributed by atoms with Crippen LogP contribution in [0.25, 0.3) is 0 Å². The molecule has 1 saturated heterocycles. The van der Waals surface area contributed by atoms with Gasteiger partial charge in [0.05, 0.1) is 0 Å². The maximum absolute atomic E-state index is 5.56. The van der Waals surface area contributed by atoms with Crippen molar-refractivity contribution in [1.82, 2.24) is 4.90 Å². The van der Waals surface area contributed by atoms with Crippen molar-refractivity contribution in [1.29, 1.82) is 0 Å². The number of hydrogen-bond acceptors (Lipinski definition) is 1. The molecule has 0 N–H and O–H groups in total. The van der Waals surface area contributed by atoms with Gasteiger partial charge in [-0.15, -0.1) is 11.6 Å². The Morgan fingerprint density at radius 2 is 1.85 bits per heavy atom. The maximum atomic E-state index is 5.56. The lowest BCUT2D eigenvalue weighted by Crippen LogP contribution is -2.37. The van der Waals surface area contributed by atoms with Crippen LogP contribution in [-0.2, 0) is 0 Å². The van der Waals surface area contributed by atoms with E-state index in [4.69, 9.17) is 11.6 Å². The van der Waals surface area contributed by atoms with Gasteiger partial charge >= 0.3 is 0 Å². The Morgan fingerprint density at radius 1 is 1.23 bits per heavy atom. The highest BCUT2D eigenvalue weighted by Crippen LogP contribution is 2.29. The maximum Gasteiger partial charge on any atom is 0.0404 e. The average molecular weight is 202 g/mol. The second kappa shape index (κ2) is 5.02. The van der Waals surface area contributed by atoms with Gasteiger partial charge in [0.15, 0.2) is 0 Å². The van der Waals surface area contributed by atoms with Crippen LogP contribution < -0.4 is 0 Å². The normalized spacial score (nSPS) is 23.9. The van der Waals surface area contributed by atoms with Crippen LogP contribution in [0.15, 0.2) is 12.2 Å². The minimum Gasteiger partial charge on any atom is -0.300 e. The molecule has 1 heterocycles. The molecule has 1 nitrogen and oxygen atoms in total. The molecule has 0 aromatic heterocycles. The summed E-state index contributed by atoms with van der Waals surface area (Å²) in [6.45, 7) is 8.26. The van der Waals surface area contributed by atoms with Gasteiger partial charge in [-0.05, 0) is 31.3 Å². The van der Waals surface area contributed by atoms with Crippen LogP contribution in [0.1, 0.15) is 26.7 Å². The minimum absolute atomic E-state index is 0.562. The highest BCUT2D eigenvalue weighted by atomic mass is 35.5. The summed E-state index contributed by atoms with van der Waals surface area (Å²) in [5.74, 6) is 0.638. The molecule has 0 bridgehead atoms. The van der Waals surface area contributed by atoms with E-state index in [0.29, 0.717) is 11.3 Å². The molecule has 0 atom stereocenters. The summed E-state index contributed by atoms with van der Waals surface area (Å²) in [4.78, 5) is 2.49. The highest BCUT2D eigenvalue weighted by Gasteiger charge is 2.24. The first-order valence-electron chi connectivity index (χ1n) is 5.07. The molecule has 2 heteroatoms. The standard InChI is InChI=1S/C11H20ClN/c1-11(2)5-9-13(10-6-11)8-4-3-7-12/h3-4H,5-10H2,1-2H3. The van der Waals surface area contributed by atoms with Gasteiger partial charge in [-0.2, -0.15) is 0 Å². The lowest BCUT2D eigenvalue weighted by atomic mass is 9.83. The number of alkyl halides is 1. The predicted octanol–water partition coefficient (Wildman–Crippen LogP) is 2.90. The van der Waals surface area contributed by atoms with Crippen molar-refractivity contribution in [3.8, 4) is 0 Å². The largest absolute Gasteiger partial charge is 0.300 e. The molecule has 0 unspecified atom stereocenters. The Hall–Kier alpha value is -0.0100. The molecule has 0 radical (unpaired) electrons. The first kappa shape index (κ1) is 11.1. The van der Waals surface area contributed by atoms with Crippen molar-refractivity contribution in [2.75, 3.05) is 25.5 Å². The highest BCUT2D eigenvalue weighted by molar-refractivity contribution is 6.18. The lowest BCUT2D eigenvalue weighted by molar-refractivity contribution is 0.144. The zero-order valence-corrected chi connectivity index (χ0v) is 9.48. The van der Waals surface area contributed by atoms with Crippen molar-refractivity contribution in [3.05, 3.63) is 12.2 Å². The predicted molar refractivity (Wildman–Crippen MR) is 59.3 cm³/mol. The second-order valence-electron chi connectivity index (χ2n) is 4.59. The quantitative estimate of drug-likeness (QED) is 0.502. The monoisotopic (exact) mass is 201 g/mol. The molecule has 0 spiro atoms. The Labute approximate surface area is 86.8 Å². The van der Waals surface area contributed by atoms with Crippen LogP contribution >= 0.6 is 11.6 Å².